The van der Waals surface area contributed by atoms with Crippen LogP contribution >= 0.6 is 0 Å². The van der Waals surface area contributed by atoms with Crippen molar-refractivity contribution in [1.82, 2.24) is 4.90 Å². The Hall–Kier alpha value is -1.66. The van der Waals surface area contributed by atoms with Gasteiger partial charge in [0, 0.05) is 6.54 Å². The third-order valence-corrected chi connectivity index (χ3v) is 5.91. The predicted molar refractivity (Wildman–Crippen MR) is 78.9 cm³/mol. The largest absolute Gasteiger partial charge is 0.478 e. The molecular weight excluding hydrogens is 290 g/mol. The summed E-state index contributed by atoms with van der Waals surface area (Å²) in [5, 5.41) is 8.99. The minimum atomic E-state index is -3.55. The first-order valence-electron chi connectivity index (χ1n) is 7.04. The summed E-state index contributed by atoms with van der Waals surface area (Å²) in [7, 11) is -3.55. The maximum atomic E-state index is 12.5. The Morgan fingerprint density at radius 1 is 1.19 bits per heavy atom. The molecule has 1 saturated heterocycles. The molecule has 0 radical (unpaired) electrons. The molecule has 5 nitrogen and oxygen atoms in total. The molecule has 0 aliphatic carbocycles. The van der Waals surface area contributed by atoms with E-state index in [1.807, 2.05) is 0 Å². The van der Waals surface area contributed by atoms with Crippen LogP contribution in [0.2, 0.25) is 0 Å². The summed E-state index contributed by atoms with van der Waals surface area (Å²) in [6.45, 7) is 2.26. The Morgan fingerprint density at radius 2 is 1.90 bits per heavy atom. The fourth-order valence-corrected chi connectivity index (χ4v) is 4.52. The summed E-state index contributed by atoms with van der Waals surface area (Å²) in [4.78, 5) is 13.6. The van der Waals surface area contributed by atoms with E-state index in [4.69, 9.17) is 5.11 Å². The number of benzene rings is 1. The number of hydrogen-bond donors (Lipinski definition) is 1. The second-order valence-corrected chi connectivity index (χ2v) is 7.48. The number of sulfone groups is 1. The number of carboxylic acids is 1. The van der Waals surface area contributed by atoms with Gasteiger partial charge in [-0.2, -0.15) is 0 Å². The van der Waals surface area contributed by atoms with Gasteiger partial charge in [0.25, 0.3) is 0 Å². The van der Waals surface area contributed by atoms with E-state index >= 15 is 0 Å². The molecule has 3 rings (SSSR count). The molecule has 0 unspecified atom stereocenters. The summed E-state index contributed by atoms with van der Waals surface area (Å²) in [5.74, 6) is -1.11. The summed E-state index contributed by atoms with van der Waals surface area (Å²) < 4.78 is 25.1. The topological polar surface area (TPSA) is 74.7 Å². The van der Waals surface area contributed by atoms with E-state index in [0.717, 1.165) is 25.9 Å². The number of likely N-dealkylation sites (tertiary alicyclic amines) is 1. The van der Waals surface area contributed by atoms with Crippen molar-refractivity contribution in [3.8, 4) is 0 Å². The number of nitrogens with zero attached hydrogens (tertiary/aromatic N) is 1. The van der Waals surface area contributed by atoms with Gasteiger partial charge in [-0.05, 0) is 49.7 Å². The molecule has 1 N–H and O–H groups in total. The van der Waals surface area contributed by atoms with Gasteiger partial charge >= 0.3 is 5.97 Å². The number of carbonyl (C=O) groups is 1. The first-order valence-corrected chi connectivity index (χ1v) is 8.52. The monoisotopic (exact) mass is 307 g/mol. The molecule has 1 aromatic rings. The first-order chi connectivity index (χ1) is 9.98. The molecule has 0 amide bonds. The van der Waals surface area contributed by atoms with Gasteiger partial charge in [0.15, 0.2) is 0 Å². The molecule has 0 saturated carbocycles. The molecule has 2 heterocycles. The van der Waals surface area contributed by atoms with Gasteiger partial charge < -0.3 is 5.11 Å². The van der Waals surface area contributed by atoms with Crippen molar-refractivity contribution in [2.75, 3.05) is 19.6 Å². The van der Waals surface area contributed by atoms with E-state index in [-0.39, 0.29) is 10.5 Å². The number of fused-ring (bicyclic) bond motifs is 1. The number of carboxylic acid groups (broad SMARTS) is 1. The molecule has 0 bridgehead atoms. The Morgan fingerprint density at radius 3 is 2.57 bits per heavy atom. The third kappa shape index (κ3) is 2.61. The lowest BCUT2D eigenvalue weighted by molar-refractivity contribution is 0.0696. The molecule has 21 heavy (non-hydrogen) atoms. The fourth-order valence-electron chi connectivity index (χ4n) is 2.88. The zero-order chi connectivity index (χ0) is 15.0. The van der Waals surface area contributed by atoms with E-state index in [0.29, 0.717) is 17.0 Å². The quantitative estimate of drug-likeness (QED) is 0.924. The van der Waals surface area contributed by atoms with Crippen LogP contribution in [0.25, 0.3) is 6.08 Å². The molecule has 1 fully saturated rings. The van der Waals surface area contributed by atoms with Gasteiger partial charge in [0.2, 0.25) is 9.84 Å². The summed E-state index contributed by atoms with van der Waals surface area (Å²) in [6.07, 6.45) is 5.07. The molecule has 2 aliphatic heterocycles. The average molecular weight is 307 g/mol. The average Bonchev–Trinajstić information content (AvgIpc) is 2.71. The highest BCUT2D eigenvalue weighted by Gasteiger charge is 2.31. The molecule has 6 heteroatoms. The molecule has 0 aromatic heterocycles. The Kier molecular flexibility index (Phi) is 3.59. The normalized spacial score (nSPS) is 20.9. The maximum Gasteiger partial charge on any atom is 0.335 e. The van der Waals surface area contributed by atoms with Gasteiger partial charge in [-0.15, -0.1) is 0 Å². The van der Waals surface area contributed by atoms with Crippen LogP contribution in [0.1, 0.15) is 35.2 Å². The van der Waals surface area contributed by atoms with Crippen LogP contribution in [0, 0.1) is 0 Å². The Balaban J connectivity index is 1.90. The minimum Gasteiger partial charge on any atom is -0.478 e. The van der Waals surface area contributed by atoms with Crippen molar-refractivity contribution < 1.29 is 18.3 Å². The van der Waals surface area contributed by atoms with Crippen molar-refractivity contribution in [3.63, 3.8) is 0 Å². The maximum absolute atomic E-state index is 12.5. The SMILES string of the molecule is O=C(O)c1ccc2c(c1)S(=O)(=O)C(CN1CCCCC1)=C2. The van der Waals surface area contributed by atoms with Crippen molar-refractivity contribution in [2.45, 2.75) is 24.2 Å². The Labute approximate surface area is 123 Å². The fraction of sp³-hybridized carbons (Fsp3) is 0.400. The second-order valence-electron chi connectivity index (χ2n) is 5.51. The second kappa shape index (κ2) is 5.27. The van der Waals surface area contributed by atoms with E-state index < -0.39 is 15.8 Å². The zero-order valence-corrected chi connectivity index (χ0v) is 12.4. The van der Waals surface area contributed by atoms with Gasteiger partial charge in [-0.3, -0.25) is 4.90 Å². The highest BCUT2D eigenvalue weighted by Crippen LogP contribution is 2.34. The van der Waals surface area contributed by atoms with Gasteiger partial charge in [-0.1, -0.05) is 12.5 Å². The van der Waals surface area contributed by atoms with Crippen LogP contribution in [-0.4, -0.2) is 44.0 Å². The van der Waals surface area contributed by atoms with Gasteiger partial charge in [0.05, 0.1) is 15.4 Å². The van der Waals surface area contributed by atoms with E-state index in [1.165, 1.54) is 18.6 Å². The van der Waals surface area contributed by atoms with E-state index in [2.05, 4.69) is 4.90 Å². The molecule has 0 spiro atoms. The number of hydrogen-bond acceptors (Lipinski definition) is 4. The van der Waals surface area contributed by atoms with E-state index in [9.17, 15) is 13.2 Å². The van der Waals surface area contributed by atoms with Crippen LogP contribution in [0.5, 0.6) is 0 Å². The lowest BCUT2D eigenvalue weighted by Crippen LogP contribution is -2.32. The summed E-state index contributed by atoms with van der Waals surface area (Å²) in [5.41, 5.74) is 0.594. The lowest BCUT2D eigenvalue weighted by atomic mass is 10.1. The molecular formula is C15H17NO4S. The first kappa shape index (κ1) is 14.3. The van der Waals surface area contributed by atoms with Crippen molar-refractivity contribution in [2.24, 2.45) is 0 Å². The van der Waals surface area contributed by atoms with Crippen molar-refractivity contribution in [1.29, 1.82) is 0 Å². The lowest BCUT2D eigenvalue weighted by Gasteiger charge is -2.26. The summed E-state index contributed by atoms with van der Waals surface area (Å²) in [6, 6.07) is 4.27. The van der Waals surface area contributed by atoms with Crippen LogP contribution in [0.4, 0.5) is 0 Å². The molecule has 0 atom stereocenters. The highest BCUT2D eigenvalue weighted by atomic mass is 32.2. The molecule has 112 valence electrons. The van der Waals surface area contributed by atoms with Crippen molar-refractivity contribution in [3.05, 3.63) is 34.2 Å². The molecule has 1 aromatic carbocycles. The zero-order valence-electron chi connectivity index (χ0n) is 11.6. The van der Waals surface area contributed by atoms with Crippen LogP contribution in [-0.2, 0) is 9.84 Å². The third-order valence-electron chi connectivity index (χ3n) is 4.04. The van der Waals surface area contributed by atoms with Crippen molar-refractivity contribution >= 4 is 21.9 Å². The molecule has 2 aliphatic rings. The highest BCUT2D eigenvalue weighted by molar-refractivity contribution is 7.95. The smallest absolute Gasteiger partial charge is 0.335 e. The minimum absolute atomic E-state index is 0.00458. The van der Waals surface area contributed by atoms with Gasteiger partial charge in [0.1, 0.15) is 0 Å². The summed E-state index contributed by atoms with van der Waals surface area (Å²) >= 11 is 0. The van der Waals surface area contributed by atoms with Gasteiger partial charge in [-0.25, -0.2) is 13.2 Å². The Bertz CT molecular complexity index is 715. The standard InChI is InChI=1S/C15H17NO4S/c17-15(18)12-5-4-11-8-13(21(19,20)14(11)9-12)10-16-6-2-1-3-7-16/h4-5,8-9H,1-3,6-7,10H2,(H,17,18). The van der Waals surface area contributed by atoms with Crippen LogP contribution < -0.4 is 0 Å². The number of aromatic carboxylic acids is 1. The van der Waals surface area contributed by atoms with E-state index in [1.54, 1.807) is 12.1 Å². The predicted octanol–water partition coefficient (Wildman–Crippen LogP) is 2.00. The van der Waals surface area contributed by atoms with Crippen LogP contribution in [0.3, 0.4) is 0 Å². The number of piperidine rings is 1. The van der Waals surface area contributed by atoms with Crippen LogP contribution in [0.15, 0.2) is 28.0 Å². The number of rotatable bonds is 3.